The molecule has 0 aliphatic heterocycles. The van der Waals surface area contributed by atoms with Gasteiger partial charge in [-0.05, 0) is 18.8 Å². The van der Waals surface area contributed by atoms with Gasteiger partial charge < -0.3 is 0 Å². The molecule has 1 aromatic rings. The van der Waals surface area contributed by atoms with Crippen LogP contribution < -0.4 is 0 Å². The minimum Gasteiger partial charge on any atom is -0.263 e. The van der Waals surface area contributed by atoms with Gasteiger partial charge in [-0.25, -0.2) is 4.98 Å². The number of aryl methyl sites for hydroxylation is 2. The Kier molecular flexibility index (Phi) is 5.02. The number of nitrogens with one attached hydrogen (secondary N) is 1. The first-order valence-electron chi connectivity index (χ1n) is 7.28. The van der Waals surface area contributed by atoms with Crippen LogP contribution in [0.3, 0.4) is 0 Å². The van der Waals surface area contributed by atoms with Gasteiger partial charge in [-0.3, -0.25) is 5.10 Å². The van der Waals surface area contributed by atoms with E-state index in [-0.39, 0.29) is 0 Å². The van der Waals surface area contributed by atoms with Crippen LogP contribution in [-0.4, -0.2) is 15.2 Å². The van der Waals surface area contributed by atoms with Gasteiger partial charge in [0.2, 0.25) is 0 Å². The van der Waals surface area contributed by atoms with Gasteiger partial charge in [0, 0.05) is 12.8 Å². The number of nitrogens with zero attached hydrogens (tertiary/aromatic N) is 2. The summed E-state index contributed by atoms with van der Waals surface area (Å²) in [7, 11) is 0. The molecule has 0 atom stereocenters. The monoisotopic (exact) mass is 235 g/mol. The van der Waals surface area contributed by atoms with E-state index in [0.29, 0.717) is 0 Å². The zero-order valence-corrected chi connectivity index (χ0v) is 11.0. The van der Waals surface area contributed by atoms with E-state index >= 15 is 0 Å². The molecule has 1 aliphatic carbocycles. The van der Waals surface area contributed by atoms with E-state index in [4.69, 9.17) is 0 Å². The number of hydrogen-bond donors (Lipinski definition) is 1. The Morgan fingerprint density at radius 1 is 1.18 bits per heavy atom. The average Bonchev–Trinajstić information content (AvgIpc) is 2.83. The average molecular weight is 235 g/mol. The van der Waals surface area contributed by atoms with E-state index in [9.17, 15) is 0 Å². The quantitative estimate of drug-likeness (QED) is 0.817. The number of hydrogen-bond acceptors (Lipinski definition) is 2. The van der Waals surface area contributed by atoms with Crippen LogP contribution in [0.4, 0.5) is 0 Å². The minimum atomic E-state index is 0.932. The molecule has 1 N–H and O–H groups in total. The van der Waals surface area contributed by atoms with Crippen molar-refractivity contribution in [3.63, 3.8) is 0 Å². The largest absolute Gasteiger partial charge is 0.263 e. The van der Waals surface area contributed by atoms with Gasteiger partial charge >= 0.3 is 0 Å². The van der Waals surface area contributed by atoms with Crippen LogP contribution in [-0.2, 0) is 12.8 Å². The summed E-state index contributed by atoms with van der Waals surface area (Å²) < 4.78 is 0. The van der Waals surface area contributed by atoms with Crippen LogP contribution in [0, 0.1) is 5.92 Å². The molecule has 1 fully saturated rings. The van der Waals surface area contributed by atoms with Crippen molar-refractivity contribution in [2.45, 2.75) is 71.1 Å². The number of H-pyrrole nitrogens is 1. The summed E-state index contributed by atoms with van der Waals surface area (Å²) in [5.74, 6) is 3.04. The van der Waals surface area contributed by atoms with Gasteiger partial charge in [-0.1, -0.05) is 45.4 Å². The summed E-state index contributed by atoms with van der Waals surface area (Å²) in [5.41, 5.74) is 0. The zero-order chi connectivity index (χ0) is 11.9. The molecule has 1 aromatic heterocycles. The summed E-state index contributed by atoms with van der Waals surface area (Å²) in [6.07, 6.45) is 13.0. The van der Waals surface area contributed by atoms with Crippen molar-refractivity contribution < 1.29 is 0 Å². The second kappa shape index (κ2) is 6.77. The highest BCUT2D eigenvalue weighted by molar-refractivity contribution is 4.91. The van der Waals surface area contributed by atoms with Crippen molar-refractivity contribution in [3.8, 4) is 0 Å². The lowest BCUT2D eigenvalue weighted by molar-refractivity contribution is 0.337. The lowest BCUT2D eigenvalue weighted by Crippen LogP contribution is -2.07. The third kappa shape index (κ3) is 4.14. The lowest BCUT2D eigenvalue weighted by atomic mass is 9.86. The van der Waals surface area contributed by atoms with Crippen LogP contribution in [0.25, 0.3) is 0 Å². The van der Waals surface area contributed by atoms with Crippen LogP contribution >= 0.6 is 0 Å². The summed E-state index contributed by atoms with van der Waals surface area (Å²) in [6.45, 7) is 2.21. The summed E-state index contributed by atoms with van der Waals surface area (Å²) >= 11 is 0. The maximum absolute atomic E-state index is 4.57. The van der Waals surface area contributed by atoms with E-state index in [1.807, 2.05) is 0 Å². The van der Waals surface area contributed by atoms with Crippen LogP contribution in [0.5, 0.6) is 0 Å². The van der Waals surface area contributed by atoms with Crippen LogP contribution in [0.1, 0.15) is 69.9 Å². The Balaban J connectivity index is 1.72. The van der Waals surface area contributed by atoms with E-state index in [1.165, 1.54) is 51.4 Å². The van der Waals surface area contributed by atoms with Crippen LogP contribution in [0.15, 0.2) is 0 Å². The van der Waals surface area contributed by atoms with Crippen molar-refractivity contribution in [1.29, 1.82) is 0 Å². The van der Waals surface area contributed by atoms with Gasteiger partial charge in [-0.15, -0.1) is 0 Å². The molecule has 1 aliphatic rings. The van der Waals surface area contributed by atoms with Crippen molar-refractivity contribution in [2.75, 3.05) is 0 Å². The maximum Gasteiger partial charge on any atom is 0.150 e. The molecule has 2 rings (SSSR count). The Hall–Kier alpha value is -0.860. The van der Waals surface area contributed by atoms with Gasteiger partial charge in [0.1, 0.15) is 5.82 Å². The molecular formula is C14H25N3. The maximum atomic E-state index is 4.57. The SMILES string of the molecule is CCCCc1nc(CCC2CCCCC2)n[nH]1. The van der Waals surface area contributed by atoms with Crippen LogP contribution in [0.2, 0.25) is 0 Å². The molecule has 0 bridgehead atoms. The number of aromatic nitrogens is 3. The molecule has 96 valence electrons. The topological polar surface area (TPSA) is 41.6 Å². The predicted molar refractivity (Wildman–Crippen MR) is 69.9 cm³/mol. The molecule has 0 aromatic carbocycles. The molecule has 0 saturated heterocycles. The number of rotatable bonds is 6. The fourth-order valence-corrected chi connectivity index (χ4v) is 2.71. The first-order valence-corrected chi connectivity index (χ1v) is 7.28. The molecule has 3 heteroatoms. The molecule has 1 saturated carbocycles. The van der Waals surface area contributed by atoms with E-state index in [2.05, 4.69) is 22.1 Å². The molecule has 0 amide bonds. The molecule has 0 radical (unpaired) electrons. The second-order valence-corrected chi connectivity index (χ2v) is 5.34. The summed E-state index contributed by atoms with van der Waals surface area (Å²) in [5, 5.41) is 7.38. The molecule has 1 heterocycles. The van der Waals surface area contributed by atoms with Gasteiger partial charge in [0.15, 0.2) is 5.82 Å². The molecule has 0 unspecified atom stereocenters. The third-order valence-electron chi connectivity index (χ3n) is 3.85. The van der Waals surface area contributed by atoms with Gasteiger partial charge in [0.25, 0.3) is 0 Å². The molecule has 0 spiro atoms. The Morgan fingerprint density at radius 3 is 2.76 bits per heavy atom. The highest BCUT2D eigenvalue weighted by Crippen LogP contribution is 2.26. The van der Waals surface area contributed by atoms with Gasteiger partial charge in [0.05, 0.1) is 0 Å². The van der Waals surface area contributed by atoms with Gasteiger partial charge in [-0.2, -0.15) is 5.10 Å². The van der Waals surface area contributed by atoms with Crippen molar-refractivity contribution >= 4 is 0 Å². The lowest BCUT2D eigenvalue weighted by Gasteiger charge is -2.20. The molecule has 3 nitrogen and oxygen atoms in total. The zero-order valence-electron chi connectivity index (χ0n) is 11.0. The normalized spacial score (nSPS) is 17.5. The summed E-state index contributed by atoms with van der Waals surface area (Å²) in [4.78, 5) is 4.57. The Bertz CT molecular complexity index is 313. The van der Waals surface area contributed by atoms with E-state index in [1.54, 1.807) is 0 Å². The van der Waals surface area contributed by atoms with Crippen molar-refractivity contribution in [2.24, 2.45) is 5.92 Å². The fourth-order valence-electron chi connectivity index (χ4n) is 2.71. The first kappa shape index (κ1) is 12.6. The predicted octanol–water partition coefficient (Wildman–Crippen LogP) is 3.66. The molecular weight excluding hydrogens is 210 g/mol. The summed E-state index contributed by atoms with van der Waals surface area (Å²) in [6, 6.07) is 0. The van der Waals surface area contributed by atoms with Crippen molar-refractivity contribution in [3.05, 3.63) is 11.6 Å². The highest BCUT2D eigenvalue weighted by atomic mass is 15.2. The van der Waals surface area contributed by atoms with E-state index < -0.39 is 0 Å². The van der Waals surface area contributed by atoms with E-state index in [0.717, 1.165) is 30.4 Å². The number of unbranched alkanes of at least 4 members (excludes halogenated alkanes) is 1. The fraction of sp³-hybridized carbons (Fsp3) is 0.857. The van der Waals surface area contributed by atoms with Crippen molar-refractivity contribution in [1.82, 2.24) is 15.2 Å². The smallest absolute Gasteiger partial charge is 0.150 e. The minimum absolute atomic E-state index is 0.932. The highest BCUT2D eigenvalue weighted by Gasteiger charge is 2.14. The Labute approximate surface area is 104 Å². The third-order valence-corrected chi connectivity index (χ3v) is 3.85. The Morgan fingerprint density at radius 2 is 2.00 bits per heavy atom. The second-order valence-electron chi connectivity index (χ2n) is 5.34. The first-order chi connectivity index (χ1) is 8.38. The standard InChI is InChI=1S/C14H25N3/c1-2-3-9-13-15-14(17-16-13)11-10-12-7-5-4-6-8-12/h12H,2-11H2,1H3,(H,15,16,17). The number of aromatic amines is 1. The molecule has 17 heavy (non-hydrogen) atoms.